The van der Waals surface area contributed by atoms with Crippen molar-refractivity contribution in [3.8, 4) is 0 Å². The molecular formula is C13H20N4O2. The Labute approximate surface area is 113 Å². The van der Waals surface area contributed by atoms with Crippen molar-refractivity contribution in [3.05, 3.63) is 18.3 Å². The molecule has 6 heteroatoms. The largest absolute Gasteiger partial charge is 0.383 e. The van der Waals surface area contributed by atoms with Crippen LogP contribution in [0.25, 0.3) is 0 Å². The Balaban J connectivity index is 1.88. The Morgan fingerprint density at radius 3 is 3.26 bits per heavy atom. The molecule has 0 spiro atoms. The van der Waals surface area contributed by atoms with Crippen molar-refractivity contribution in [1.29, 1.82) is 0 Å². The zero-order valence-electron chi connectivity index (χ0n) is 11.2. The summed E-state index contributed by atoms with van der Waals surface area (Å²) in [5.41, 5.74) is 0. The highest BCUT2D eigenvalue weighted by molar-refractivity contribution is 5.79. The first-order valence-corrected chi connectivity index (χ1v) is 6.60. The molecule has 2 rings (SSSR count). The molecule has 1 aromatic heterocycles. The zero-order chi connectivity index (χ0) is 13.5. The first-order chi connectivity index (χ1) is 9.31. The number of methoxy groups -OCH3 is 1. The van der Waals surface area contributed by atoms with Gasteiger partial charge >= 0.3 is 0 Å². The highest BCUT2D eigenvalue weighted by Crippen LogP contribution is 2.20. The van der Waals surface area contributed by atoms with Crippen molar-refractivity contribution in [3.63, 3.8) is 0 Å². The minimum atomic E-state index is 0.0209. The standard InChI is InChI=1S/C13H20N4O2/c1-19-9-7-14-13(18)11-4-3-8-17(10-11)12-5-2-6-15-16-12/h2,5-6,11H,3-4,7-10H2,1H3,(H,14,18). The van der Waals surface area contributed by atoms with Gasteiger partial charge in [0.25, 0.3) is 0 Å². The van der Waals surface area contributed by atoms with Crippen LogP contribution in [0.15, 0.2) is 18.3 Å². The fourth-order valence-electron chi connectivity index (χ4n) is 2.28. The molecule has 1 unspecified atom stereocenters. The van der Waals surface area contributed by atoms with Crippen molar-refractivity contribution >= 4 is 11.7 Å². The molecule has 1 N–H and O–H groups in total. The first-order valence-electron chi connectivity index (χ1n) is 6.60. The molecule has 1 saturated heterocycles. The molecule has 104 valence electrons. The molecule has 0 bridgehead atoms. The minimum Gasteiger partial charge on any atom is -0.383 e. The molecule has 1 amide bonds. The zero-order valence-corrected chi connectivity index (χ0v) is 11.2. The monoisotopic (exact) mass is 264 g/mol. The summed E-state index contributed by atoms with van der Waals surface area (Å²) >= 11 is 0. The molecule has 0 saturated carbocycles. The third-order valence-corrected chi connectivity index (χ3v) is 3.28. The molecular weight excluding hydrogens is 244 g/mol. The van der Waals surface area contributed by atoms with Crippen molar-refractivity contribution in [2.24, 2.45) is 5.92 Å². The summed E-state index contributed by atoms with van der Waals surface area (Å²) in [5.74, 6) is 0.968. The van der Waals surface area contributed by atoms with E-state index < -0.39 is 0 Å². The number of nitrogens with zero attached hydrogens (tertiary/aromatic N) is 3. The van der Waals surface area contributed by atoms with Crippen LogP contribution in [0.1, 0.15) is 12.8 Å². The normalized spacial score (nSPS) is 19.2. The molecule has 1 aromatic rings. The van der Waals surface area contributed by atoms with Crippen molar-refractivity contribution in [1.82, 2.24) is 15.5 Å². The molecule has 1 aliphatic rings. The second-order valence-electron chi connectivity index (χ2n) is 4.65. The van der Waals surface area contributed by atoms with Gasteiger partial charge in [0.05, 0.1) is 12.5 Å². The van der Waals surface area contributed by atoms with E-state index in [1.165, 1.54) is 0 Å². The van der Waals surface area contributed by atoms with Gasteiger partial charge < -0.3 is 15.0 Å². The van der Waals surface area contributed by atoms with Crippen molar-refractivity contribution in [2.45, 2.75) is 12.8 Å². The van der Waals surface area contributed by atoms with Gasteiger partial charge in [0.1, 0.15) is 0 Å². The number of carbonyl (C=O) groups is 1. The number of amides is 1. The van der Waals surface area contributed by atoms with Crippen molar-refractivity contribution in [2.75, 3.05) is 38.3 Å². The first kappa shape index (κ1) is 13.7. The van der Waals surface area contributed by atoms with E-state index in [1.54, 1.807) is 13.3 Å². The quantitative estimate of drug-likeness (QED) is 0.782. The average molecular weight is 264 g/mol. The maximum atomic E-state index is 12.0. The van der Waals surface area contributed by atoms with Gasteiger partial charge in [0.15, 0.2) is 5.82 Å². The number of piperidine rings is 1. The van der Waals surface area contributed by atoms with E-state index in [9.17, 15) is 4.79 Å². The van der Waals surface area contributed by atoms with Crippen LogP contribution in [0.5, 0.6) is 0 Å². The smallest absolute Gasteiger partial charge is 0.224 e. The maximum Gasteiger partial charge on any atom is 0.224 e. The van der Waals surface area contributed by atoms with Crippen LogP contribution in [0, 0.1) is 5.92 Å². The summed E-state index contributed by atoms with van der Waals surface area (Å²) in [7, 11) is 1.63. The summed E-state index contributed by atoms with van der Waals surface area (Å²) in [4.78, 5) is 14.1. The third-order valence-electron chi connectivity index (χ3n) is 3.28. The maximum absolute atomic E-state index is 12.0. The van der Waals surface area contributed by atoms with E-state index >= 15 is 0 Å². The van der Waals surface area contributed by atoms with E-state index in [-0.39, 0.29) is 11.8 Å². The Hall–Kier alpha value is -1.69. The molecule has 19 heavy (non-hydrogen) atoms. The van der Waals surface area contributed by atoms with Gasteiger partial charge in [-0.1, -0.05) is 0 Å². The number of rotatable bonds is 5. The number of aromatic nitrogens is 2. The summed E-state index contributed by atoms with van der Waals surface area (Å²) in [6.45, 7) is 2.75. The lowest BCUT2D eigenvalue weighted by atomic mass is 9.97. The van der Waals surface area contributed by atoms with Gasteiger partial charge in [0, 0.05) is 32.9 Å². The number of hydrogen-bond acceptors (Lipinski definition) is 5. The lowest BCUT2D eigenvalue weighted by molar-refractivity contribution is -0.125. The van der Waals surface area contributed by atoms with Crippen LogP contribution in [-0.2, 0) is 9.53 Å². The Kier molecular flexibility index (Phi) is 5.09. The van der Waals surface area contributed by atoms with Gasteiger partial charge in [-0.15, -0.1) is 5.10 Å². The highest BCUT2D eigenvalue weighted by atomic mass is 16.5. The Morgan fingerprint density at radius 2 is 2.53 bits per heavy atom. The van der Waals surface area contributed by atoms with Gasteiger partial charge in [-0.25, -0.2) is 0 Å². The minimum absolute atomic E-state index is 0.0209. The number of nitrogens with one attached hydrogen (secondary N) is 1. The molecule has 0 aliphatic carbocycles. The predicted molar refractivity (Wildman–Crippen MR) is 71.9 cm³/mol. The molecule has 0 radical (unpaired) electrons. The van der Waals surface area contributed by atoms with Crippen LogP contribution in [0.2, 0.25) is 0 Å². The fraction of sp³-hybridized carbons (Fsp3) is 0.615. The summed E-state index contributed by atoms with van der Waals surface area (Å²) in [6.07, 6.45) is 3.58. The number of ether oxygens (including phenoxy) is 1. The molecule has 1 atom stereocenters. The highest BCUT2D eigenvalue weighted by Gasteiger charge is 2.26. The van der Waals surface area contributed by atoms with Gasteiger partial charge in [-0.3, -0.25) is 4.79 Å². The van der Waals surface area contributed by atoms with E-state index in [2.05, 4.69) is 20.4 Å². The van der Waals surface area contributed by atoms with Crippen LogP contribution in [-0.4, -0.2) is 49.5 Å². The topological polar surface area (TPSA) is 67.3 Å². The van der Waals surface area contributed by atoms with E-state index in [0.717, 1.165) is 25.2 Å². The third kappa shape index (κ3) is 3.89. The van der Waals surface area contributed by atoms with E-state index in [1.807, 2.05) is 12.1 Å². The van der Waals surface area contributed by atoms with Gasteiger partial charge in [0.2, 0.25) is 5.91 Å². The van der Waals surface area contributed by atoms with Crippen LogP contribution >= 0.6 is 0 Å². The Morgan fingerprint density at radius 1 is 1.63 bits per heavy atom. The van der Waals surface area contributed by atoms with Crippen LogP contribution in [0.4, 0.5) is 5.82 Å². The SMILES string of the molecule is COCCNC(=O)C1CCCN(c2cccnn2)C1. The molecule has 1 aliphatic heterocycles. The fourth-order valence-corrected chi connectivity index (χ4v) is 2.28. The number of carbonyl (C=O) groups excluding carboxylic acids is 1. The molecule has 2 heterocycles. The van der Waals surface area contributed by atoms with Gasteiger partial charge in [-0.05, 0) is 25.0 Å². The second kappa shape index (κ2) is 7.04. The molecule has 6 nitrogen and oxygen atoms in total. The van der Waals surface area contributed by atoms with E-state index in [0.29, 0.717) is 19.7 Å². The summed E-state index contributed by atoms with van der Waals surface area (Å²) in [5, 5.41) is 10.9. The number of anilines is 1. The predicted octanol–water partition coefficient (Wildman–Crippen LogP) is 0.456. The van der Waals surface area contributed by atoms with Gasteiger partial charge in [-0.2, -0.15) is 5.10 Å². The Bertz CT molecular complexity index is 399. The van der Waals surface area contributed by atoms with Crippen molar-refractivity contribution < 1.29 is 9.53 Å². The van der Waals surface area contributed by atoms with Crippen LogP contribution < -0.4 is 10.2 Å². The lowest BCUT2D eigenvalue weighted by Gasteiger charge is -2.32. The summed E-state index contributed by atoms with van der Waals surface area (Å²) < 4.78 is 4.93. The summed E-state index contributed by atoms with van der Waals surface area (Å²) in [6, 6.07) is 3.79. The average Bonchev–Trinajstić information content (AvgIpc) is 2.48. The lowest BCUT2D eigenvalue weighted by Crippen LogP contribution is -2.44. The van der Waals surface area contributed by atoms with Crippen LogP contribution in [0.3, 0.4) is 0 Å². The molecule has 0 aromatic carbocycles. The molecule has 1 fully saturated rings. The van der Waals surface area contributed by atoms with E-state index in [4.69, 9.17) is 4.74 Å². The number of hydrogen-bond donors (Lipinski definition) is 1. The second-order valence-corrected chi connectivity index (χ2v) is 4.65.